The number of hydrogen-bond donors (Lipinski definition) is 2. The van der Waals surface area contributed by atoms with Crippen LogP contribution in [0.3, 0.4) is 0 Å². The van der Waals surface area contributed by atoms with Crippen LogP contribution in [0.15, 0.2) is 17.6 Å². The molecule has 8 heteroatoms. The fourth-order valence-corrected chi connectivity index (χ4v) is 2.44. The molecule has 104 valence electrons. The molecule has 0 aromatic carbocycles. The van der Waals surface area contributed by atoms with Crippen molar-refractivity contribution < 1.29 is 14.7 Å². The van der Waals surface area contributed by atoms with Gasteiger partial charge in [0.25, 0.3) is 5.91 Å². The van der Waals surface area contributed by atoms with Gasteiger partial charge in [0.15, 0.2) is 5.69 Å². The number of aromatic carboxylic acids is 1. The largest absolute Gasteiger partial charge is 0.476 e. The van der Waals surface area contributed by atoms with E-state index in [1.165, 1.54) is 22.9 Å². The van der Waals surface area contributed by atoms with E-state index in [-0.39, 0.29) is 23.7 Å². The zero-order valence-electron chi connectivity index (χ0n) is 10.4. The fourth-order valence-electron chi connectivity index (χ4n) is 1.43. The van der Waals surface area contributed by atoms with Gasteiger partial charge in [0.05, 0.1) is 17.1 Å². The molecule has 2 aromatic rings. The van der Waals surface area contributed by atoms with Gasteiger partial charge < -0.3 is 10.4 Å². The summed E-state index contributed by atoms with van der Waals surface area (Å²) in [6.07, 6.45) is 1.40. The summed E-state index contributed by atoms with van der Waals surface area (Å²) in [5.41, 5.74) is 0.958. The Balaban J connectivity index is 2.02. The molecule has 0 aliphatic carbocycles. The maximum absolute atomic E-state index is 11.9. The van der Waals surface area contributed by atoms with E-state index in [9.17, 15) is 9.59 Å². The first-order valence-corrected chi connectivity index (χ1v) is 6.81. The summed E-state index contributed by atoms with van der Waals surface area (Å²) < 4.78 is 0. The van der Waals surface area contributed by atoms with Crippen molar-refractivity contribution in [2.75, 3.05) is 0 Å². The van der Waals surface area contributed by atoms with Crippen LogP contribution in [0.25, 0.3) is 0 Å². The van der Waals surface area contributed by atoms with Gasteiger partial charge in [-0.3, -0.25) is 9.78 Å². The summed E-state index contributed by atoms with van der Waals surface area (Å²) in [5.74, 6) is -1.47. The van der Waals surface area contributed by atoms with Crippen LogP contribution in [-0.4, -0.2) is 27.0 Å². The summed E-state index contributed by atoms with van der Waals surface area (Å²) >= 11 is 7.13. The number of carbonyl (C=O) groups is 2. The van der Waals surface area contributed by atoms with Gasteiger partial charge in [-0.05, 0) is 13.0 Å². The second-order valence-electron chi connectivity index (χ2n) is 3.92. The molecule has 1 amide bonds. The number of nitrogens with zero attached hydrogens (tertiary/aromatic N) is 2. The Bertz CT molecular complexity index is 672. The highest BCUT2D eigenvalue weighted by Gasteiger charge is 2.13. The van der Waals surface area contributed by atoms with E-state index in [0.29, 0.717) is 10.0 Å². The first-order valence-electron chi connectivity index (χ1n) is 5.55. The van der Waals surface area contributed by atoms with Gasteiger partial charge in [-0.1, -0.05) is 11.6 Å². The van der Waals surface area contributed by atoms with Crippen molar-refractivity contribution in [1.29, 1.82) is 0 Å². The van der Waals surface area contributed by atoms with Gasteiger partial charge in [0.1, 0.15) is 5.01 Å². The molecule has 20 heavy (non-hydrogen) atoms. The highest BCUT2D eigenvalue weighted by molar-refractivity contribution is 7.09. The molecule has 0 atom stereocenters. The minimum Gasteiger partial charge on any atom is -0.476 e. The van der Waals surface area contributed by atoms with E-state index < -0.39 is 5.97 Å². The third-order valence-corrected chi connectivity index (χ3v) is 3.57. The maximum atomic E-state index is 11.9. The maximum Gasteiger partial charge on any atom is 0.355 e. The lowest BCUT2D eigenvalue weighted by Gasteiger charge is -2.05. The predicted molar refractivity (Wildman–Crippen MR) is 74.2 cm³/mol. The second-order valence-corrected chi connectivity index (χ2v) is 5.27. The van der Waals surface area contributed by atoms with Gasteiger partial charge in [-0.25, -0.2) is 9.78 Å². The summed E-state index contributed by atoms with van der Waals surface area (Å²) in [7, 11) is 0. The minimum atomic E-state index is -1.09. The Hall–Kier alpha value is -1.99. The summed E-state index contributed by atoms with van der Waals surface area (Å²) in [4.78, 5) is 30.5. The summed E-state index contributed by atoms with van der Waals surface area (Å²) in [5, 5.41) is 13.6. The quantitative estimate of drug-likeness (QED) is 0.902. The van der Waals surface area contributed by atoms with E-state index in [4.69, 9.17) is 16.7 Å². The first-order chi connectivity index (χ1) is 9.47. The van der Waals surface area contributed by atoms with Crippen molar-refractivity contribution in [3.8, 4) is 0 Å². The molecule has 2 aromatic heterocycles. The van der Waals surface area contributed by atoms with E-state index in [1.54, 1.807) is 13.0 Å². The van der Waals surface area contributed by atoms with Crippen molar-refractivity contribution in [3.05, 3.63) is 44.6 Å². The number of nitrogens with one attached hydrogen (secondary N) is 1. The number of amides is 1. The van der Waals surface area contributed by atoms with Crippen LogP contribution >= 0.6 is 22.9 Å². The van der Waals surface area contributed by atoms with E-state index in [0.717, 1.165) is 5.69 Å². The lowest BCUT2D eigenvalue weighted by atomic mass is 10.2. The van der Waals surface area contributed by atoms with Crippen LogP contribution in [0.2, 0.25) is 5.02 Å². The average Bonchev–Trinajstić information content (AvgIpc) is 2.85. The highest BCUT2D eigenvalue weighted by atomic mass is 35.5. The topological polar surface area (TPSA) is 92.2 Å². The molecule has 0 unspecified atom stereocenters. The van der Waals surface area contributed by atoms with E-state index in [1.807, 2.05) is 0 Å². The summed E-state index contributed by atoms with van der Waals surface area (Å²) in [6, 6.07) is 1.60. The zero-order valence-corrected chi connectivity index (χ0v) is 12.0. The van der Waals surface area contributed by atoms with Crippen molar-refractivity contribution in [2.24, 2.45) is 0 Å². The van der Waals surface area contributed by atoms with Gasteiger partial charge in [0, 0.05) is 17.3 Å². The number of aromatic nitrogens is 2. The van der Waals surface area contributed by atoms with Crippen LogP contribution in [0.5, 0.6) is 0 Å². The van der Waals surface area contributed by atoms with Crippen LogP contribution in [-0.2, 0) is 6.54 Å². The van der Waals surface area contributed by atoms with Crippen LogP contribution in [0.4, 0.5) is 0 Å². The van der Waals surface area contributed by atoms with Crippen molar-refractivity contribution >= 4 is 34.8 Å². The third kappa shape index (κ3) is 3.31. The molecule has 0 aliphatic heterocycles. The number of pyridine rings is 1. The number of carboxylic acids is 1. The molecular formula is C12H10ClN3O3S. The van der Waals surface area contributed by atoms with Crippen molar-refractivity contribution in [2.45, 2.75) is 13.5 Å². The van der Waals surface area contributed by atoms with Crippen LogP contribution in [0.1, 0.15) is 31.5 Å². The molecule has 0 saturated carbocycles. The minimum absolute atomic E-state index is 0.0331. The van der Waals surface area contributed by atoms with Crippen LogP contribution < -0.4 is 5.32 Å². The van der Waals surface area contributed by atoms with E-state index in [2.05, 4.69) is 15.3 Å². The molecule has 2 N–H and O–H groups in total. The van der Waals surface area contributed by atoms with Crippen LogP contribution in [0, 0.1) is 6.92 Å². The Morgan fingerprint density at radius 1 is 1.50 bits per heavy atom. The van der Waals surface area contributed by atoms with Gasteiger partial charge in [0.2, 0.25) is 0 Å². The van der Waals surface area contributed by atoms with E-state index >= 15 is 0 Å². The standard InChI is InChI=1S/C12H10ClN3O3S/c1-6-2-8(13)7(3-14-6)11(17)15-4-10-16-9(5-20-10)12(18)19/h2-3,5H,4H2,1H3,(H,15,17)(H,18,19). The lowest BCUT2D eigenvalue weighted by Crippen LogP contribution is -2.23. The molecule has 2 heterocycles. The molecule has 0 spiro atoms. The van der Waals surface area contributed by atoms with Gasteiger partial charge >= 0.3 is 5.97 Å². The van der Waals surface area contributed by atoms with Crippen molar-refractivity contribution in [1.82, 2.24) is 15.3 Å². The Labute approximate surface area is 123 Å². The second kappa shape index (κ2) is 5.98. The molecule has 0 saturated heterocycles. The Kier molecular flexibility index (Phi) is 4.31. The average molecular weight is 312 g/mol. The number of carboxylic acid groups (broad SMARTS) is 1. The fraction of sp³-hybridized carbons (Fsp3) is 0.167. The number of halogens is 1. The molecule has 0 radical (unpaired) electrons. The zero-order chi connectivity index (χ0) is 14.7. The summed E-state index contributed by atoms with van der Waals surface area (Å²) in [6.45, 7) is 1.91. The van der Waals surface area contributed by atoms with Crippen molar-refractivity contribution in [3.63, 3.8) is 0 Å². The third-order valence-electron chi connectivity index (χ3n) is 2.41. The smallest absolute Gasteiger partial charge is 0.355 e. The molecule has 6 nitrogen and oxygen atoms in total. The number of carbonyl (C=O) groups excluding carboxylic acids is 1. The molecule has 0 fully saturated rings. The normalized spacial score (nSPS) is 10.3. The molecule has 0 bridgehead atoms. The monoisotopic (exact) mass is 311 g/mol. The van der Waals surface area contributed by atoms with Gasteiger partial charge in [-0.2, -0.15) is 0 Å². The predicted octanol–water partition coefficient (Wildman–Crippen LogP) is 2.13. The highest BCUT2D eigenvalue weighted by Crippen LogP contribution is 2.16. The number of aryl methyl sites for hydroxylation is 1. The number of thiazole rings is 1. The molecule has 2 rings (SSSR count). The molecular weight excluding hydrogens is 302 g/mol. The lowest BCUT2D eigenvalue weighted by molar-refractivity contribution is 0.0691. The SMILES string of the molecule is Cc1cc(Cl)c(C(=O)NCc2nc(C(=O)O)cs2)cn1. The number of hydrogen-bond acceptors (Lipinski definition) is 5. The number of rotatable bonds is 4. The Morgan fingerprint density at radius 3 is 2.85 bits per heavy atom. The Morgan fingerprint density at radius 2 is 2.25 bits per heavy atom. The van der Waals surface area contributed by atoms with Gasteiger partial charge in [-0.15, -0.1) is 11.3 Å². The first kappa shape index (κ1) is 14.4. The molecule has 0 aliphatic rings.